The number of halogens is 1. The van der Waals surface area contributed by atoms with Gasteiger partial charge in [0, 0.05) is 24.4 Å². The van der Waals surface area contributed by atoms with Gasteiger partial charge < -0.3 is 14.2 Å². The number of hydrogen-bond acceptors (Lipinski definition) is 5. The summed E-state index contributed by atoms with van der Waals surface area (Å²) in [7, 11) is 0. The summed E-state index contributed by atoms with van der Waals surface area (Å²) in [5.41, 5.74) is 0.171. The highest BCUT2D eigenvalue weighted by atomic mass is 32.2. The van der Waals surface area contributed by atoms with E-state index in [1.807, 2.05) is 6.92 Å². The van der Waals surface area contributed by atoms with Gasteiger partial charge in [-0.05, 0) is 43.6 Å². The molecule has 0 saturated heterocycles. The van der Waals surface area contributed by atoms with Gasteiger partial charge in [0.05, 0.1) is 0 Å². The lowest BCUT2D eigenvalue weighted by Crippen LogP contribution is -2.32. The van der Waals surface area contributed by atoms with Crippen LogP contribution in [-0.4, -0.2) is 39.5 Å². The summed E-state index contributed by atoms with van der Waals surface area (Å²) in [5, 5.41) is -0.926. The molecule has 8 heteroatoms. The minimum absolute atomic E-state index is 0.171. The summed E-state index contributed by atoms with van der Waals surface area (Å²) in [4.78, 5) is 24.4. The number of carbonyl (C=O) groups is 2. The molecule has 1 aromatic rings. The average Bonchev–Trinajstić information content (AvgIpc) is 2.45. The molecular weight excluding hydrogens is 317 g/mol. The van der Waals surface area contributed by atoms with Crippen molar-refractivity contribution in [2.45, 2.75) is 13.3 Å². The minimum atomic E-state index is -0.926. The van der Waals surface area contributed by atoms with E-state index in [0.717, 1.165) is 18.1 Å². The molecule has 1 N–H and O–H groups in total. The second-order valence-corrected chi connectivity index (χ2v) is 5.12. The molecule has 0 radical (unpaired) electrons. The Morgan fingerprint density at radius 3 is 2.71 bits per heavy atom. The van der Waals surface area contributed by atoms with Gasteiger partial charge in [0.1, 0.15) is 0 Å². The van der Waals surface area contributed by atoms with Crippen LogP contribution < -0.4 is 4.74 Å². The van der Waals surface area contributed by atoms with Crippen LogP contribution in [0.1, 0.15) is 23.7 Å². The summed E-state index contributed by atoms with van der Waals surface area (Å²) >= 11 is 4.11. The maximum absolute atomic E-state index is 13.7. The van der Waals surface area contributed by atoms with Gasteiger partial charge in [-0.2, -0.15) is 0 Å². The molecule has 0 heterocycles. The molecule has 5 nitrogen and oxygen atoms in total. The van der Waals surface area contributed by atoms with Crippen molar-refractivity contribution >= 4 is 35.9 Å². The second kappa shape index (κ2) is 8.91. The maximum Gasteiger partial charge on any atom is 0.369 e. The smallest absolute Gasteiger partial charge is 0.369 e. The lowest BCUT2D eigenvalue weighted by molar-refractivity contribution is 0.0764. The molecule has 0 spiro atoms. The molecule has 21 heavy (non-hydrogen) atoms. The molecular formula is C13H16FNO4S2. The first kappa shape index (κ1) is 17.8. The van der Waals surface area contributed by atoms with E-state index >= 15 is 0 Å². The molecule has 0 unspecified atom stereocenters. The van der Waals surface area contributed by atoms with Crippen LogP contribution in [0.25, 0.3) is 0 Å². The molecule has 0 aliphatic heterocycles. The molecule has 0 saturated carbocycles. The Balaban J connectivity index is 2.81. The Morgan fingerprint density at radius 2 is 2.19 bits per heavy atom. The number of thiol groups is 1. The Bertz CT molecular complexity index is 513. The molecule has 1 amide bonds. The van der Waals surface area contributed by atoms with E-state index in [4.69, 9.17) is 4.55 Å². The highest BCUT2D eigenvalue weighted by Crippen LogP contribution is 2.20. The molecule has 0 aliphatic rings. The normalized spacial score (nSPS) is 10.3. The minimum Gasteiger partial charge on any atom is -0.415 e. The summed E-state index contributed by atoms with van der Waals surface area (Å²) in [6, 6.07) is 3.63. The van der Waals surface area contributed by atoms with Crippen molar-refractivity contribution < 1.29 is 23.3 Å². The van der Waals surface area contributed by atoms with Gasteiger partial charge in [0.25, 0.3) is 5.91 Å². The van der Waals surface area contributed by atoms with E-state index in [1.165, 1.54) is 12.1 Å². The third-order valence-electron chi connectivity index (χ3n) is 2.71. The van der Waals surface area contributed by atoms with Crippen LogP contribution in [0.2, 0.25) is 0 Å². The first-order chi connectivity index (χ1) is 9.99. The summed E-state index contributed by atoms with van der Waals surface area (Å²) in [6.45, 7) is 2.76. The Kier molecular flexibility index (Phi) is 7.55. The first-order valence-corrected chi connectivity index (χ1v) is 7.64. The van der Waals surface area contributed by atoms with Crippen LogP contribution in [0.5, 0.6) is 5.75 Å². The largest absolute Gasteiger partial charge is 0.415 e. The number of nitrogens with zero attached hydrogens (tertiary/aromatic N) is 1. The Hall–Kier alpha value is -1.25. The molecule has 0 aliphatic carbocycles. The molecule has 0 bridgehead atoms. The third-order valence-corrected chi connectivity index (χ3v) is 3.27. The molecule has 0 fully saturated rings. The van der Waals surface area contributed by atoms with Crippen molar-refractivity contribution in [1.29, 1.82) is 0 Å². The molecule has 116 valence electrons. The fraction of sp³-hybridized carbons (Fsp3) is 0.385. The number of ether oxygens (including phenoxy) is 1. The highest BCUT2D eigenvalue weighted by molar-refractivity contribution is 7.96. The van der Waals surface area contributed by atoms with E-state index < -0.39 is 11.1 Å². The molecule has 0 aromatic heterocycles. The van der Waals surface area contributed by atoms with Gasteiger partial charge in [-0.3, -0.25) is 4.79 Å². The van der Waals surface area contributed by atoms with Crippen LogP contribution in [0, 0.1) is 5.82 Å². The van der Waals surface area contributed by atoms with Crippen molar-refractivity contribution in [1.82, 2.24) is 4.90 Å². The van der Waals surface area contributed by atoms with Crippen molar-refractivity contribution in [3.63, 3.8) is 0 Å². The fourth-order valence-corrected chi connectivity index (χ4v) is 2.07. The van der Waals surface area contributed by atoms with E-state index in [2.05, 4.69) is 17.4 Å². The van der Waals surface area contributed by atoms with Crippen molar-refractivity contribution in [2.75, 3.05) is 18.8 Å². The fourth-order valence-electron chi connectivity index (χ4n) is 1.72. The number of rotatable bonds is 7. The number of benzene rings is 1. The van der Waals surface area contributed by atoms with Gasteiger partial charge in [0.2, 0.25) is 0 Å². The number of amides is 1. The predicted molar refractivity (Wildman–Crippen MR) is 82.7 cm³/mol. The first-order valence-electron chi connectivity index (χ1n) is 6.25. The van der Waals surface area contributed by atoms with Crippen LogP contribution >= 0.6 is 24.7 Å². The standard InChI is InChI=1S/C13H16FNO4S2/c1-2-15(6-3-7-21-18)12(16)9-4-5-11(10(14)8-9)19-13(17)20/h4-5,8,18H,2-3,6-7H2,1H3,(H,17,20). The van der Waals surface area contributed by atoms with Crippen molar-refractivity contribution in [3.8, 4) is 5.75 Å². The monoisotopic (exact) mass is 333 g/mol. The zero-order valence-electron chi connectivity index (χ0n) is 11.4. The molecule has 1 rings (SSSR count). The zero-order valence-corrected chi connectivity index (χ0v) is 13.1. The van der Waals surface area contributed by atoms with E-state index in [1.54, 1.807) is 4.90 Å². The zero-order chi connectivity index (χ0) is 15.8. The van der Waals surface area contributed by atoms with E-state index in [0.29, 0.717) is 25.3 Å². The van der Waals surface area contributed by atoms with Crippen molar-refractivity contribution in [3.05, 3.63) is 29.6 Å². The third kappa shape index (κ3) is 5.56. The molecule has 0 atom stereocenters. The van der Waals surface area contributed by atoms with Gasteiger partial charge in [-0.25, -0.2) is 9.18 Å². The Labute approximate surface area is 132 Å². The SMILES string of the molecule is CCN(CCCSO)C(=O)c1ccc(OC(=O)S)c(F)c1. The second-order valence-electron chi connectivity index (χ2n) is 4.08. The van der Waals surface area contributed by atoms with Crippen LogP contribution in [0.4, 0.5) is 9.18 Å². The van der Waals surface area contributed by atoms with Crippen molar-refractivity contribution in [2.24, 2.45) is 0 Å². The lowest BCUT2D eigenvalue weighted by Gasteiger charge is -2.20. The summed E-state index contributed by atoms with van der Waals surface area (Å²) in [5.74, 6) is -0.866. The van der Waals surface area contributed by atoms with E-state index in [9.17, 15) is 14.0 Å². The topological polar surface area (TPSA) is 66.8 Å². The highest BCUT2D eigenvalue weighted by Gasteiger charge is 2.16. The van der Waals surface area contributed by atoms with Gasteiger partial charge >= 0.3 is 5.30 Å². The quantitative estimate of drug-likeness (QED) is 0.347. The predicted octanol–water partition coefficient (Wildman–Crippen LogP) is 3.31. The van der Waals surface area contributed by atoms with Crippen LogP contribution in [0.15, 0.2) is 18.2 Å². The average molecular weight is 333 g/mol. The lowest BCUT2D eigenvalue weighted by atomic mass is 10.1. The summed E-state index contributed by atoms with van der Waals surface area (Å²) in [6.07, 6.45) is 0.637. The number of hydrogen-bond donors (Lipinski definition) is 2. The van der Waals surface area contributed by atoms with E-state index in [-0.39, 0.29) is 17.2 Å². The summed E-state index contributed by atoms with van der Waals surface area (Å²) < 4.78 is 26.9. The molecule has 1 aromatic carbocycles. The van der Waals surface area contributed by atoms with Crippen LogP contribution in [-0.2, 0) is 0 Å². The number of carbonyl (C=O) groups excluding carboxylic acids is 2. The van der Waals surface area contributed by atoms with Gasteiger partial charge in [-0.1, -0.05) is 12.6 Å². The van der Waals surface area contributed by atoms with Gasteiger partial charge in [-0.15, -0.1) is 0 Å². The van der Waals surface area contributed by atoms with Crippen LogP contribution in [0.3, 0.4) is 0 Å². The van der Waals surface area contributed by atoms with Gasteiger partial charge in [0.15, 0.2) is 11.6 Å². The maximum atomic E-state index is 13.7. The Morgan fingerprint density at radius 1 is 1.48 bits per heavy atom.